The summed E-state index contributed by atoms with van der Waals surface area (Å²) < 4.78 is 27.2. The summed E-state index contributed by atoms with van der Waals surface area (Å²) in [7, 11) is -2.15. The van der Waals surface area contributed by atoms with Gasteiger partial charge in [-0.05, 0) is 25.0 Å². The zero-order valence-electron chi connectivity index (χ0n) is 12.1. The number of nitrogens with zero attached hydrogens (tertiary/aromatic N) is 4. The van der Waals surface area contributed by atoms with Gasteiger partial charge in [0.05, 0.1) is 12.0 Å². The number of carbonyl (C=O) groups is 1. The highest BCUT2D eigenvalue weighted by Gasteiger charge is 2.48. The molecule has 2 aliphatic rings. The molecule has 2 fully saturated rings. The molecule has 3 heterocycles. The maximum atomic E-state index is 12.9. The maximum absolute atomic E-state index is 12.9. The van der Waals surface area contributed by atoms with E-state index in [0.29, 0.717) is 25.9 Å². The van der Waals surface area contributed by atoms with E-state index in [1.54, 1.807) is 11.9 Å². The molecular formula is C14H16N4O3S. The molecule has 0 bridgehead atoms. The summed E-state index contributed by atoms with van der Waals surface area (Å²) in [4.78, 5) is 17.4. The molecule has 8 heteroatoms. The highest BCUT2D eigenvalue weighted by atomic mass is 32.2. The number of hydrogen-bond donors (Lipinski definition) is 0. The van der Waals surface area contributed by atoms with Gasteiger partial charge in [-0.3, -0.25) is 4.79 Å². The summed E-state index contributed by atoms with van der Waals surface area (Å²) >= 11 is 0. The second kappa shape index (κ2) is 5.34. The molecule has 7 nitrogen and oxygen atoms in total. The monoisotopic (exact) mass is 320 g/mol. The predicted octanol–water partition coefficient (Wildman–Crippen LogP) is 0.195. The van der Waals surface area contributed by atoms with Crippen LogP contribution in [-0.2, 0) is 14.8 Å². The second-order valence-corrected chi connectivity index (χ2v) is 7.47. The minimum atomic E-state index is -3.84. The van der Waals surface area contributed by atoms with Crippen LogP contribution in [0.25, 0.3) is 0 Å². The lowest BCUT2D eigenvalue weighted by Crippen LogP contribution is -2.48. The van der Waals surface area contributed by atoms with Crippen molar-refractivity contribution in [2.45, 2.75) is 23.8 Å². The van der Waals surface area contributed by atoms with Gasteiger partial charge in [-0.25, -0.2) is 13.4 Å². The highest BCUT2D eigenvalue weighted by Crippen LogP contribution is 2.34. The van der Waals surface area contributed by atoms with Crippen LogP contribution in [0.1, 0.15) is 18.5 Å². The number of hydrogen-bond acceptors (Lipinski definition) is 5. The molecule has 0 unspecified atom stereocenters. The van der Waals surface area contributed by atoms with Crippen molar-refractivity contribution in [3.8, 4) is 6.07 Å². The fourth-order valence-corrected chi connectivity index (χ4v) is 5.08. The molecule has 1 amide bonds. The molecule has 2 aliphatic heterocycles. The van der Waals surface area contributed by atoms with E-state index in [1.807, 2.05) is 6.07 Å². The Bertz CT molecular complexity index is 756. The number of fused-ring (bicyclic) bond motifs is 1. The third-order valence-corrected chi connectivity index (χ3v) is 6.30. The van der Waals surface area contributed by atoms with Gasteiger partial charge in [0, 0.05) is 26.3 Å². The zero-order valence-corrected chi connectivity index (χ0v) is 13.0. The third-order valence-electron chi connectivity index (χ3n) is 4.35. The van der Waals surface area contributed by atoms with Crippen LogP contribution in [0.2, 0.25) is 0 Å². The number of sulfonamides is 1. The van der Waals surface area contributed by atoms with Crippen molar-refractivity contribution >= 4 is 15.9 Å². The maximum Gasteiger partial charge on any atom is 0.246 e. The number of piperidine rings is 1. The molecule has 0 aliphatic carbocycles. The molecule has 0 N–H and O–H groups in total. The van der Waals surface area contributed by atoms with Gasteiger partial charge in [-0.15, -0.1) is 0 Å². The number of carbonyl (C=O) groups excluding carboxylic acids is 1. The first-order chi connectivity index (χ1) is 10.5. The van der Waals surface area contributed by atoms with Crippen molar-refractivity contribution in [2.75, 3.05) is 20.1 Å². The minimum absolute atomic E-state index is 0.00315. The van der Waals surface area contributed by atoms with Crippen molar-refractivity contribution in [1.82, 2.24) is 14.2 Å². The lowest BCUT2D eigenvalue weighted by Gasteiger charge is -2.34. The van der Waals surface area contributed by atoms with Crippen LogP contribution < -0.4 is 0 Å². The first-order valence-electron chi connectivity index (χ1n) is 7.08. The van der Waals surface area contributed by atoms with Gasteiger partial charge in [-0.1, -0.05) is 0 Å². The van der Waals surface area contributed by atoms with E-state index in [9.17, 15) is 13.2 Å². The van der Waals surface area contributed by atoms with Gasteiger partial charge >= 0.3 is 0 Å². The van der Waals surface area contributed by atoms with Crippen LogP contribution in [0, 0.1) is 17.2 Å². The lowest BCUT2D eigenvalue weighted by atomic mass is 9.93. The Kier molecular flexibility index (Phi) is 3.62. The van der Waals surface area contributed by atoms with Crippen LogP contribution in [0.15, 0.2) is 23.2 Å². The molecule has 2 atom stereocenters. The molecular weight excluding hydrogens is 304 g/mol. The topological polar surface area (TPSA) is 94.4 Å². The first kappa shape index (κ1) is 14.9. The predicted molar refractivity (Wildman–Crippen MR) is 77.0 cm³/mol. The van der Waals surface area contributed by atoms with Gasteiger partial charge in [0.25, 0.3) is 0 Å². The number of likely N-dealkylation sites (N-methyl/N-ethyl adjacent to an activating group) is 1. The van der Waals surface area contributed by atoms with E-state index in [1.165, 1.54) is 22.6 Å². The molecule has 0 saturated carbocycles. The van der Waals surface area contributed by atoms with Crippen LogP contribution in [0.3, 0.4) is 0 Å². The summed E-state index contributed by atoms with van der Waals surface area (Å²) in [5, 5.41) is 9.09. The summed E-state index contributed by atoms with van der Waals surface area (Å²) in [6, 6.07) is 4.36. The largest absolute Gasteiger partial charge is 0.344 e. The number of rotatable bonds is 2. The van der Waals surface area contributed by atoms with Crippen molar-refractivity contribution in [1.29, 1.82) is 5.26 Å². The first-order valence-corrected chi connectivity index (χ1v) is 8.52. The molecule has 1 aromatic rings. The molecule has 22 heavy (non-hydrogen) atoms. The summed E-state index contributed by atoms with van der Waals surface area (Å²) in [5.74, 6) is -0.285. The Morgan fingerprint density at radius 1 is 1.45 bits per heavy atom. The minimum Gasteiger partial charge on any atom is -0.344 e. The fourth-order valence-electron chi connectivity index (χ4n) is 3.29. The Morgan fingerprint density at radius 3 is 2.95 bits per heavy atom. The summed E-state index contributed by atoms with van der Waals surface area (Å²) in [6.07, 6.45) is 2.74. The average Bonchev–Trinajstić information content (AvgIpc) is 2.82. The molecule has 0 radical (unpaired) electrons. The van der Waals surface area contributed by atoms with Crippen molar-refractivity contribution in [3.63, 3.8) is 0 Å². The second-order valence-electron chi connectivity index (χ2n) is 5.61. The number of pyridine rings is 1. The number of nitriles is 1. The number of aromatic nitrogens is 1. The molecule has 3 rings (SSSR count). The third kappa shape index (κ3) is 2.17. The summed E-state index contributed by atoms with van der Waals surface area (Å²) in [6.45, 7) is 0.759. The molecule has 0 spiro atoms. The summed E-state index contributed by atoms with van der Waals surface area (Å²) in [5.41, 5.74) is -0.109. The van der Waals surface area contributed by atoms with Gasteiger partial charge in [0.2, 0.25) is 15.9 Å². The van der Waals surface area contributed by atoms with E-state index < -0.39 is 10.0 Å². The van der Waals surface area contributed by atoms with E-state index in [-0.39, 0.29) is 28.5 Å². The average molecular weight is 320 g/mol. The Hall–Kier alpha value is -1.98. The van der Waals surface area contributed by atoms with E-state index in [0.717, 1.165) is 0 Å². The van der Waals surface area contributed by atoms with Gasteiger partial charge in [-0.2, -0.15) is 9.57 Å². The van der Waals surface area contributed by atoms with Crippen LogP contribution in [0.5, 0.6) is 0 Å². The van der Waals surface area contributed by atoms with Gasteiger partial charge in [0.1, 0.15) is 11.0 Å². The number of likely N-dealkylation sites (tertiary alicyclic amines) is 1. The van der Waals surface area contributed by atoms with Crippen LogP contribution in [0.4, 0.5) is 0 Å². The fraction of sp³-hybridized carbons (Fsp3) is 0.500. The SMILES string of the molecule is CN1C[C@@H]2[C@@H](CCCN2S(=O)(=O)c2cccnc2C#N)C1=O. The standard InChI is InChI=1S/C14H16N4O3S/c1-17-9-12-10(14(17)19)4-3-7-18(12)22(20,21)13-5-2-6-16-11(13)8-15/h2,5-6,10,12H,3-4,7,9H2,1H3/t10-,12-/m1/s1. The normalized spacial score (nSPS) is 25.8. The Morgan fingerprint density at radius 2 is 2.23 bits per heavy atom. The number of amides is 1. The van der Waals surface area contributed by atoms with Gasteiger partial charge < -0.3 is 4.90 Å². The Labute approximate surface area is 129 Å². The van der Waals surface area contributed by atoms with E-state index in [2.05, 4.69) is 4.98 Å². The molecule has 1 aromatic heterocycles. The zero-order chi connectivity index (χ0) is 15.9. The van der Waals surface area contributed by atoms with Crippen molar-refractivity contribution in [3.05, 3.63) is 24.0 Å². The smallest absolute Gasteiger partial charge is 0.246 e. The lowest BCUT2D eigenvalue weighted by molar-refractivity contribution is -0.130. The van der Waals surface area contributed by atoms with Gasteiger partial charge in [0.15, 0.2) is 5.69 Å². The molecule has 2 saturated heterocycles. The van der Waals surface area contributed by atoms with Crippen LogP contribution in [-0.4, -0.2) is 54.7 Å². The van der Waals surface area contributed by atoms with E-state index >= 15 is 0 Å². The van der Waals surface area contributed by atoms with Crippen molar-refractivity contribution in [2.24, 2.45) is 5.92 Å². The Balaban J connectivity index is 2.02. The quantitative estimate of drug-likeness (QED) is 0.775. The van der Waals surface area contributed by atoms with E-state index in [4.69, 9.17) is 5.26 Å². The molecule has 0 aromatic carbocycles. The highest BCUT2D eigenvalue weighted by molar-refractivity contribution is 7.89. The van der Waals surface area contributed by atoms with Crippen LogP contribution >= 0.6 is 0 Å². The molecule has 116 valence electrons. The van der Waals surface area contributed by atoms with Crippen molar-refractivity contribution < 1.29 is 13.2 Å².